The molecule has 19 heavy (non-hydrogen) atoms. The Morgan fingerprint density at radius 1 is 1.37 bits per heavy atom. The summed E-state index contributed by atoms with van der Waals surface area (Å²) in [6.45, 7) is 0. The van der Waals surface area contributed by atoms with Gasteiger partial charge in [0.15, 0.2) is 0 Å². The van der Waals surface area contributed by atoms with Gasteiger partial charge >= 0.3 is 0 Å². The Labute approximate surface area is 121 Å². The second-order valence-corrected chi connectivity index (χ2v) is 6.59. The van der Waals surface area contributed by atoms with Crippen LogP contribution in [0.5, 0.6) is 0 Å². The molecule has 1 aromatic rings. The Hall–Kier alpha value is -0.810. The molecule has 3 rings (SSSR count). The molecule has 2 aliphatic rings. The summed E-state index contributed by atoms with van der Waals surface area (Å²) in [6, 6.07) is 2.48. The third kappa shape index (κ3) is 3.03. The van der Waals surface area contributed by atoms with Crippen LogP contribution in [0.25, 0.3) is 0 Å². The summed E-state index contributed by atoms with van der Waals surface area (Å²) in [6.07, 6.45) is 7.53. The van der Waals surface area contributed by atoms with Crippen LogP contribution in [0.15, 0.2) is 16.7 Å². The van der Waals surface area contributed by atoms with E-state index in [1.807, 2.05) is 12.3 Å². The standard InChI is InChI=1S/C14H19BrN2O2/c15-9-6-13(17(8-9)11-4-5-11)14(19)16-10-2-1-3-12(18)7-10/h6,8,10-12,18H,1-5,7H2,(H,16,19). The number of nitrogens with one attached hydrogen (secondary N) is 1. The van der Waals surface area contributed by atoms with Crippen molar-refractivity contribution in [2.45, 2.75) is 56.7 Å². The van der Waals surface area contributed by atoms with Crippen LogP contribution in [0, 0.1) is 0 Å². The van der Waals surface area contributed by atoms with Gasteiger partial charge in [0.25, 0.3) is 5.91 Å². The van der Waals surface area contributed by atoms with Crippen LogP contribution < -0.4 is 5.32 Å². The van der Waals surface area contributed by atoms with Crippen LogP contribution in [0.4, 0.5) is 0 Å². The number of aliphatic hydroxyl groups is 1. The summed E-state index contributed by atoms with van der Waals surface area (Å²) in [7, 11) is 0. The van der Waals surface area contributed by atoms with Gasteiger partial charge in [0, 0.05) is 22.8 Å². The number of halogens is 1. The lowest BCUT2D eigenvalue weighted by molar-refractivity contribution is 0.0841. The van der Waals surface area contributed by atoms with Crippen LogP contribution >= 0.6 is 15.9 Å². The van der Waals surface area contributed by atoms with Crippen LogP contribution in [0.2, 0.25) is 0 Å². The van der Waals surface area contributed by atoms with E-state index in [-0.39, 0.29) is 18.1 Å². The van der Waals surface area contributed by atoms with Crippen LogP contribution in [-0.4, -0.2) is 27.7 Å². The van der Waals surface area contributed by atoms with Crippen molar-refractivity contribution in [2.75, 3.05) is 0 Å². The van der Waals surface area contributed by atoms with E-state index in [2.05, 4.69) is 25.8 Å². The molecule has 104 valence electrons. The SMILES string of the molecule is O=C(NC1CCCC(O)C1)c1cc(Br)cn1C1CC1. The van der Waals surface area contributed by atoms with Gasteiger partial charge in [-0.2, -0.15) is 0 Å². The third-order valence-corrected chi connectivity index (χ3v) is 4.40. The molecule has 0 aromatic carbocycles. The van der Waals surface area contributed by atoms with E-state index < -0.39 is 0 Å². The second-order valence-electron chi connectivity index (χ2n) is 5.67. The zero-order valence-electron chi connectivity index (χ0n) is 10.8. The predicted molar refractivity (Wildman–Crippen MR) is 76.1 cm³/mol. The maximum Gasteiger partial charge on any atom is 0.268 e. The molecule has 2 N–H and O–H groups in total. The van der Waals surface area contributed by atoms with Gasteiger partial charge in [-0.25, -0.2) is 0 Å². The smallest absolute Gasteiger partial charge is 0.268 e. The van der Waals surface area contributed by atoms with Crippen molar-refractivity contribution < 1.29 is 9.90 Å². The zero-order valence-corrected chi connectivity index (χ0v) is 12.4. The second kappa shape index (κ2) is 5.29. The first-order valence-corrected chi connectivity index (χ1v) is 7.79. The Kier molecular flexibility index (Phi) is 3.67. The molecule has 2 saturated carbocycles. The number of aromatic nitrogens is 1. The van der Waals surface area contributed by atoms with Crippen LogP contribution in [-0.2, 0) is 0 Å². The Bertz CT molecular complexity index is 482. The summed E-state index contributed by atoms with van der Waals surface area (Å²) in [5.74, 6) is -0.0169. The molecular weight excluding hydrogens is 308 g/mol. The molecule has 0 radical (unpaired) electrons. The van der Waals surface area contributed by atoms with Gasteiger partial charge in [-0.1, -0.05) is 0 Å². The summed E-state index contributed by atoms with van der Waals surface area (Å²) >= 11 is 3.44. The minimum atomic E-state index is -0.263. The van der Waals surface area contributed by atoms with Gasteiger partial charge in [-0.3, -0.25) is 4.79 Å². The average Bonchev–Trinajstić information content (AvgIpc) is 3.12. The first-order valence-electron chi connectivity index (χ1n) is 7.00. The molecule has 0 spiro atoms. The van der Waals surface area contributed by atoms with E-state index in [4.69, 9.17) is 0 Å². The lowest BCUT2D eigenvalue weighted by Gasteiger charge is -2.26. The van der Waals surface area contributed by atoms with E-state index in [0.29, 0.717) is 12.5 Å². The fourth-order valence-electron chi connectivity index (χ4n) is 2.84. The largest absolute Gasteiger partial charge is 0.393 e. The van der Waals surface area contributed by atoms with Crippen molar-refractivity contribution in [3.63, 3.8) is 0 Å². The Morgan fingerprint density at radius 2 is 2.16 bits per heavy atom. The molecule has 2 aliphatic carbocycles. The van der Waals surface area contributed by atoms with Crippen molar-refractivity contribution in [1.29, 1.82) is 0 Å². The molecule has 5 heteroatoms. The molecule has 1 aromatic heterocycles. The molecule has 0 aliphatic heterocycles. The summed E-state index contributed by atoms with van der Waals surface area (Å²) < 4.78 is 3.02. The summed E-state index contributed by atoms with van der Waals surface area (Å²) in [5, 5.41) is 12.7. The highest BCUT2D eigenvalue weighted by Gasteiger charge is 2.29. The number of rotatable bonds is 3. The van der Waals surface area contributed by atoms with Crippen molar-refractivity contribution >= 4 is 21.8 Å². The average molecular weight is 327 g/mol. The van der Waals surface area contributed by atoms with Crippen LogP contribution in [0.3, 0.4) is 0 Å². The van der Waals surface area contributed by atoms with Crippen molar-refractivity contribution in [3.8, 4) is 0 Å². The first kappa shape index (κ1) is 13.2. The summed E-state index contributed by atoms with van der Waals surface area (Å²) in [5.41, 5.74) is 0.731. The maximum absolute atomic E-state index is 12.4. The monoisotopic (exact) mass is 326 g/mol. The number of nitrogens with zero attached hydrogens (tertiary/aromatic N) is 1. The van der Waals surface area contributed by atoms with E-state index in [1.54, 1.807) is 0 Å². The van der Waals surface area contributed by atoms with E-state index in [1.165, 1.54) is 0 Å². The molecule has 1 amide bonds. The number of aliphatic hydroxyl groups excluding tert-OH is 1. The highest BCUT2D eigenvalue weighted by Crippen LogP contribution is 2.37. The third-order valence-electron chi connectivity index (χ3n) is 3.97. The normalized spacial score (nSPS) is 27.3. The van der Waals surface area contributed by atoms with Crippen molar-refractivity contribution in [2.24, 2.45) is 0 Å². The molecular formula is C14H19BrN2O2. The lowest BCUT2D eigenvalue weighted by atomic mass is 9.93. The van der Waals surface area contributed by atoms with E-state index in [9.17, 15) is 9.90 Å². The van der Waals surface area contributed by atoms with Gasteiger partial charge in [-0.15, -0.1) is 0 Å². The summed E-state index contributed by atoms with van der Waals surface area (Å²) in [4.78, 5) is 12.4. The van der Waals surface area contributed by atoms with Gasteiger partial charge < -0.3 is 15.0 Å². The van der Waals surface area contributed by atoms with E-state index >= 15 is 0 Å². The maximum atomic E-state index is 12.4. The molecule has 0 bridgehead atoms. The molecule has 2 atom stereocenters. The van der Waals surface area contributed by atoms with E-state index in [0.717, 1.165) is 42.3 Å². The molecule has 2 unspecified atom stereocenters. The number of carbonyl (C=O) groups excluding carboxylic acids is 1. The topological polar surface area (TPSA) is 54.3 Å². The molecule has 0 saturated heterocycles. The van der Waals surface area contributed by atoms with Crippen molar-refractivity contribution in [1.82, 2.24) is 9.88 Å². The highest BCUT2D eigenvalue weighted by atomic mass is 79.9. The Morgan fingerprint density at radius 3 is 2.84 bits per heavy atom. The number of hydrogen-bond donors (Lipinski definition) is 2. The molecule has 1 heterocycles. The minimum Gasteiger partial charge on any atom is -0.393 e. The van der Waals surface area contributed by atoms with Gasteiger partial charge in [0.2, 0.25) is 0 Å². The predicted octanol–water partition coefficient (Wildman–Crippen LogP) is 2.62. The quantitative estimate of drug-likeness (QED) is 0.897. The minimum absolute atomic E-state index is 0.0169. The number of amides is 1. The number of carbonyl (C=O) groups is 1. The van der Waals surface area contributed by atoms with Crippen molar-refractivity contribution in [3.05, 3.63) is 22.4 Å². The Balaban J connectivity index is 1.69. The zero-order chi connectivity index (χ0) is 13.4. The fourth-order valence-corrected chi connectivity index (χ4v) is 3.27. The number of hydrogen-bond acceptors (Lipinski definition) is 2. The van der Waals surface area contributed by atoms with Crippen LogP contribution in [0.1, 0.15) is 55.1 Å². The lowest BCUT2D eigenvalue weighted by Crippen LogP contribution is -2.40. The van der Waals surface area contributed by atoms with Gasteiger partial charge in [-0.05, 0) is 60.5 Å². The molecule has 4 nitrogen and oxygen atoms in total. The first-order chi connectivity index (χ1) is 9.13. The van der Waals surface area contributed by atoms with Gasteiger partial charge in [0.05, 0.1) is 6.10 Å². The molecule has 2 fully saturated rings. The highest BCUT2D eigenvalue weighted by molar-refractivity contribution is 9.10. The van der Waals surface area contributed by atoms with Gasteiger partial charge in [0.1, 0.15) is 5.69 Å². The fraction of sp³-hybridized carbons (Fsp3) is 0.643.